The van der Waals surface area contributed by atoms with Crippen molar-refractivity contribution in [3.63, 3.8) is 0 Å². The van der Waals surface area contributed by atoms with Crippen LogP contribution < -0.4 is 10.6 Å². The quantitative estimate of drug-likeness (QED) is 0.842. The lowest BCUT2D eigenvalue weighted by molar-refractivity contribution is -0.139. The first kappa shape index (κ1) is 15.8. The highest BCUT2D eigenvalue weighted by molar-refractivity contribution is 5.95. The number of urea groups is 1. The minimum absolute atomic E-state index is 0.267. The summed E-state index contributed by atoms with van der Waals surface area (Å²) in [6, 6.07) is 8.40. The minimum atomic E-state index is -0.576. The van der Waals surface area contributed by atoms with E-state index >= 15 is 0 Å². The number of nitrogens with one attached hydrogen (secondary N) is 2. The molecule has 7 nitrogen and oxygen atoms in total. The van der Waals surface area contributed by atoms with Crippen LogP contribution in [0.25, 0.3) is 5.69 Å². The molecular formula is C17H18N4O3. The van der Waals surface area contributed by atoms with Crippen LogP contribution in [0.3, 0.4) is 0 Å². The molecule has 3 rings (SSSR count). The topological polar surface area (TPSA) is 85.2 Å². The van der Waals surface area contributed by atoms with Crippen LogP contribution in [0.2, 0.25) is 0 Å². The Kier molecular flexibility index (Phi) is 4.33. The molecule has 1 aliphatic heterocycles. The van der Waals surface area contributed by atoms with Gasteiger partial charge in [0.05, 0.1) is 23.9 Å². The van der Waals surface area contributed by atoms with Crippen LogP contribution in [0.1, 0.15) is 25.5 Å². The van der Waals surface area contributed by atoms with Gasteiger partial charge in [-0.05, 0) is 37.6 Å². The van der Waals surface area contributed by atoms with Gasteiger partial charge in [0.15, 0.2) is 0 Å². The van der Waals surface area contributed by atoms with Crippen LogP contribution in [-0.2, 0) is 9.53 Å². The van der Waals surface area contributed by atoms with E-state index in [0.29, 0.717) is 11.3 Å². The third kappa shape index (κ3) is 3.01. The van der Waals surface area contributed by atoms with Crippen molar-refractivity contribution < 1.29 is 14.3 Å². The van der Waals surface area contributed by atoms with E-state index in [4.69, 9.17) is 4.74 Å². The van der Waals surface area contributed by atoms with Gasteiger partial charge in [-0.2, -0.15) is 5.10 Å². The Balaban J connectivity index is 2.02. The molecule has 0 aliphatic carbocycles. The smallest absolute Gasteiger partial charge is 0.338 e. The molecule has 0 fully saturated rings. The SMILES string of the molecule is CCOC(=O)C1=C(C)NC(=O)NC1c1cccc(-n2cccn2)c1. The van der Waals surface area contributed by atoms with Crippen LogP contribution in [-0.4, -0.2) is 28.4 Å². The van der Waals surface area contributed by atoms with Gasteiger partial charge in [-0.1, -0.05) is 12.1 Å². The number of rotatable bonds is 4. The number of esters is 1. The van der Waals surface area contributed by atoms with Crippen LogP contribution >= 0.6 is 0 Å². The van der Waals surface area contributed by atoms with Gasteiger partial charge in [0.1, 0.15) is 0 Å². The Morgan fingerprint density at radius 2 is 2.21 bits per heavy atom. The van der Waals surface area contributed by atoms with Crippen LogP contribution in [0.4, 0.5) is 4.79 Å². The summed E-state index contributed by atoms with van der Waals surface area (Å²) in [6.45, 7) is 3.70. The molecule has 0 spiro atoms. The van der Waals surface area contributed by atoms with E-state index in [1.54, 1.807) is 24.7 Å². The normalized spacial score (nSPS) is 17.2. The van der Waals surface area contributed by atoms with Crippen LogP contribution in [0, 0.1) is 0 Å². The maximum atomic E-state index is 12.3. The lowest BCUT2D eigenvalue weighted by atomic mass is 9.95. The number of hydrogen-bond donors (Lipinski definition) is 2. The largest absolute Gasteiger partial charge is 0.463 e. The summed E-state index contributed by atoms with van der Waals surface area (Å²) in [5.41, 5.74) is 2.51. The van der Waals surface area contributed by atoms with Gasteiger partial charge in [0, 0.05) is 18.1 Å². The number of aromatic nitrogens is 2. The summed E-state index contributed by atoms with van der Waals surface area (Å²) in [5, 5.41) is 9.61. The molecule has 0 bridgehead atoms. The molecule has 2 heterocycles. The lowest BCUT2D eigenvalue weighted by Gasteiger charge is -2.28. The Morgan fingerprint density at radius 1 is 1.38 bits per heavy atom. The van der Waals surface area contributed by atoms with Gasteiger partial charge in [0.25, 0.3) is 0 Å². The average molecular weight is 326 g/mol. The van der Waals surface area contributed by atoms with Crippen molar-refractivity contribution >= 4 is 12.0 Å². The van der Waals surface area contributed by atoms with Crippen molar-refractivity contribution in [1.82, 2.24) is 20.4 Å². The number of carbonyl (C=O) groups excluding carboxylic acids is 2. The first-order valence-electron chi connectivity index (χ1n) is 7.65. The predicted molar refractivity (Wildman–Crippen MR) is 87.3 cm³/mol. The van der Waals surface area contributed by atoms with E-state index in [2.05, 4.69) is 15.7 Å². The number of carbonyl (C=O) groups is 2. The molecule has 2 amide bonds. The predicted octanol–water partition coefficient (Wildman–Crippen LogP) is 2.06. The summed E-state index contributed by atoms with van der Waals surface area (Å²) in [5.74, 6) is -0.447. The fourth-order valence-corrected chi connectivity index (χ4v) is 2.69. The molecule has 1 aliphatic rings. The van der Waals surface area contributed by atoms with Gasteiger partial charge in [-0.3, -0.25) is 0 Å². The highest BCUT2D eigenvalue weighted by Gasteiger charge is 2.32. The van der Waals surface area contributed by atoms with E-state index < -0.39 is 12.0 Å². The molecule has 1 aromatic carbocycles. The number of amides is 2. The Morgan fingerprint density at radius 3 is 2.92 bits per heavy atom. The van der Waals surface area contributed by atoms with Crippen molar-refractivity contribution in [3.8, 4) is 5.69 Å². The number of allylic oxidation sites excluding steroid dienone is 1. The zero-order valence-corrected chi connectivity index (χ0v) is 13.4. The van der Waals surface area contributed by atoms with Gasteiger partial charge in [-0.25, -0.2) is 14.3 Å². The summed E-state index contributed by atoms with van der Waals surface area (Å²) >= 11 is 0. The molecule has 1 atom stereocenters. The van der Waals surface area contributed by atoms with Crippen molar-refractivity contribution in [3.05, 3.63) is 59.6 Å². The first-order chi connectivity index (χ1) is 11.6. The zero-order valence-electron chi connectivity index (χ0n) is 13.4. The molecule has 0 saturated carbocycles. The van der Waals surface area contributed by atoms with Gasteiger partial charge >= 0.3 is 12.0 Å². The van der Waals surface area contributed by atoms with Crippen LogP contribution in [0.15, 0.2) is 54.0 Å². The lowest BCUT2D eigenvalue weighted by Crippen LogP contribution is -2.45. The van der Waals surface area contributed by atoms with Crippen LogP contribution in [0.5, 0.6) is 0 Å². The van der Waals surface area contributed by atoms with E-state index in [-0.39, 0.29) is 12.6 Å². The molecule has 124 valence electrons. The number of nitrogens with zero attached hydrogens (tertiary/aromatic N) is 2. The maximum absolute atomic E-state index is 12.3. The zero-order chi connectivity index (χ0) is 17.1. The van der Waals surface area contributed by atoms with E-state index in [0.717, 1.165) is 11.3 Å². The average Bonchev–Trinajstić information content (AvgIpc) is 3.09. The summed E-state index contributed by atoms with van der Waals surface area (Å²) < 4.78 is 6.85. The summed E-state index contributed by atoms with van der Waals surface area (Å²) in [4.78, 5) is 24.2. The highest BCUT2D eigenvalue weighted by atomic mass is 16.5. The number of hydrogen-bond acceptors (Lipinski definition) is 4. The molecule has 2 N–H and O–H groups in total. The second-order valence-corrected chi connectivity index (χ2v) is 5.34. The highest BCUT2D eigenvalue weighted by Crippen LogP contribution is 2.28. The molecule has 24 heavy (non-hydrogen) atoms. The second kappa shape index (κ2) is 6.57. The second-order valence-electron chi connectivity index (χ2n) is 5.34. The number of benzene rings is 1. The van der Waals surface area contributed by atoms with Crippen molar-refractivity contribution in [2.24, 2.45) is 0 Å². The third-order valence-electron chi connectivity index (χ3n) is 3.74. The van der Waals surface area contributed by atoms with Gasteiger partial charge in [0.2, 0.25) is 0 Å². The minimum Gasteiger partial charge on any atom is -0.463 e. The van der Waals surface area contributed by atoms with E-state index in [1.807, 2.05) is 36.5 Å². The van der Waals surface area contributed by atoms with Gasteiger partial charge < -0.3 is 15.4 Å². The maximum Gasteiger partial charge on any atom is 0.338 e. The van der Waals surface area contributed by atoms with Gasteiger partial charge in [-0.15, -0.1) is 0 Å². The summed E-state index contributed by atoms with van der Waals surface area (Å²) in [6.07, 6.45) is 3.51. The molecule has 1 aromatic heterocycles. The molecule has 7 heteroatoms. The Hall–Kier alpha value is -3.09. The van der Waals surface area contributed by atoms with Crippen molar-refractivity contribution in [1.29, 1.82) is 0 Å². The number of ether oxygens (including phenoxy) is 1. The third-order valence-corrected chi connectivity index (χ3v) is 3.74. The molecule has 2 aromatic rings. The molecule has 0 saturated heterocycles. The standard InChI is InChI=1S/C17H18N4O3/c1-3-24-16(22)14-11(2)19-17(23)20-15(14)12-6-4-7-13(10-12)21-9-5-8-18-21/h4-10,15H,3H2,1-2H3,(H2,19,20,23). The van der Waals surface area contributed by atoms with E-state index in [1.165, 1.54) is 0 Å². The van der Waals surface area contributed by atoms with Crippen molar-refractivity contribution in [2.75, 3.05) is 6.61 Å². The summed E-state index contributed by atoms with van der Waals surface area (Å²) in [7, 11) is 0. The Labute approximate surface area is 139 Å². The van der Waals surface area contributed by atoms with E-state index in [9.17, 15) is 9.59 Å². The fourth-order valence-electron chi connectivity index (χ4n) is 2.69. The monoisotopic (exact) mass is 326 g/mol. The fraction of sp³-hybridized carbons (Fsp3) is 0.235. The first-order valence-corrected chi connectivity index (χ1v) is 7.65. The molecular weight excluding hydrogens is 308 g/mol. The molecule has 1 unspecified atom stereocenters. The Bertz CT molecular complexity index is 796. The van der Waals surface area contributed by atoms with Crippen molar-refractivity contribution in [2.45, 2.75) is 19.9 Å². The molecule has 0 radical (unpaired) electrons.